The number of benzene rings is 2. The molecule has 0 atom stereocenters. The zero-order valence-corrected chi connectivity index (χ0v) is 23.1. The summed E-state index contributed by atoms with van der Waals surface area (Å²) in [5, 5.41) is 0.562. The van der Waals surface area contributed by atoms with Gasteiger partial charge in [0.05, 0.1) is 16.0 Å². The van der Waals surface area contributed by atoms with Crippen LogP contribution in [0.5, 0.6) is 0 Å². The van der Waals surface area contributed by atoms with E-state index in [2.05, 4.69) is 28.0 Å². The maximum absolute atomic E-state index is 13.4. The van der Waals surface area contributed by atoms with E-state index < -0.39 is 5.41 Å². The molecule has 198 valence electrons. The Morgan fingerprint density at radius 2 is 1.38 bits per heavy atom. The number of likely N-dealkylation sites (tertiary alicyclic amines) is 2. The van der Waals surface area contributed by atoms with Crippen molar-refractivity contribution < 1.29 is 9.59 Å². The fourth-order valence-corrected chi connectivity index (χ4v) is 6.80. The molecule has 37 heavy (non-hydrogen) atoms. The fourth-order valence-electron chi connectivity index (χ4n) is 6.54. The average Bonchev–Trinajstić information content (AvgIpc) is 3.48. The van der Waals surface area contributed by atoms with Crippen molar-refractivity contribution in [2.75, 3.05) is 44.2 Å². The topological polar surface area (TPSA) is 43.9 Å². The van der Waals surface area contributed by atoms with Crippen LogP contribution in [0.15, 0.2) is 48.5 Å². The van der Waals surface area contributed by atoms with Crippen LogP contribution in [0, 0.1) is 11.8 Å². The lowest BCUT2D eigenvalue weighted by molar-refractivity contribution is -0.138. The lowest BCUT2D eigenvalue weighted by Crippen LogP contribution is -2.48. The van der Waals surface area contributed by atoms with Crippen molar-refractivity contribution in [2.45, 2.75) is 57.8 Å². The van der Waals surface area contributed by atoms with Crippen molar-refractivity contribution in [1.82, 2.24) is 9.80 Å². The van der Waals surface area contributed by atoms with Gasteiger partial charge in [-0.15, -0.1) is 0 Å². The number of hydrogen-bond acceptors (Lipinski definition) is 3. The van der Waals surface area contributed by atoms with Gasteiger partial charge in [-0.1, -0.05) is 41.9 Å². The molecule has 6 heteroatoms. The molecule has 3 saturated heterocycles. The van der Waals surface area contributed by atoms with E-state index in [1.165, 1.54) is 12.8 Å². The molecule has 3 fully saturated rings. The molecule has 3 aliphatic rings. The Bertz CT molecular complexity index is 1100. The van der Waals surface area contributed by atoms with Crippen LogP contribution in [0.4, 0.5) is 5.69 Å². The Labute approximate surface area is 226 Å². The van der Waals surface area contributed by atoms with E-state index in [9.17, 15) is 9.59 Å². The number of nitrogens with zero attached hydrogens (tertiary/aromatic N) is 3. The van der Waals surface area contributed by atoms with Crippen LogP contribution in [-0.4, -0.2) is 60.9 Å². The highest BCUT2D eigenvalue weighted by atomic mass is 35.5. The molecule has 2 aromatic carbocycles. The molecule has 2 aromatic rings. The van der Waals surface area contributed by atoms with Crippen LogP contribution in [0.25, 0.3) is 0 Å². The van der Waals surface area contributed by atoms with Gasteiger partial charge in [0, 0.05) is 45.0 Å². The van der Waals surface area contributed by atoms with E-state index in [4.69, 9.17) is 11.6 Å². The van der Waals surface area contributed by atoms with Gasteiger partial charge >= 0.3 is 0 Å². The van der Waals surface area contributed by atoms with Gasteiger partial charge in [0.1, 0.15) is 0 Å². The third kappa shape index (κ3) is 5.52. The third-order valence-electron chi connectivity index (χ3n) is 9.00. The molecule has 0 saturated carbocycles. The molecule has 3 heterocycles. The normalized spacial score (nSPS) is 19.9. The number of halogens is 1. The first kappa shape index (κ1) is 26.1. The second-order valence-corrected chi connectivity index (χ2v) is 12.0. The van der Waals surface area contributed by atoms with Crippen molar-refractivity contribution in [1.29, 1.82) is 0 Å². The average molecular weight is 522 g/mol. The molecular formula is C31H40ClN3O2. The van der Waals surface area contributed by atoms with Gasteiger partial charge in [-0.25, -0.2) is 0 Å². The summed E-state index contributed by atoms with van der Waals surface area (Å²) in [5.41, 5.74) is 2.34. The van der Waals surface area contributed by atoms with Gasteiger partial charge in [0.15, 0.2) is 0 Å². The summed E-state index contributed by atoms with van der Waals surface area (Å²) in [6, 6.07) is 16.1. The monoisotopic (exact) mass is 521 g/mol. The van der Waals surface area contributed by atoms with Crippen molar-refractivity contribution in [3.63, 3.8) is 0 Å². The lowest BCUT2D eigenvalue weighted by atomic mass is 9.77. The summed E-state index contributed by atoms with van der Waals surface area (Å²) >= 11 is 6.58. The molecular weight excluding hydrogens is 482 g/mol. The molecule has 0 unspecified atom stereocenters. The fraction of sp³-hybridized carbons (Fsp3) is 0.548. The second kappa shape index (κ2) is 11.1. The molecule has 0 aromatic heterocycles. The van der Waals surface area contributed by atoms with Crippen molar-refractivity contribution in [3.8, 4) is 0 Å². The molecule has 3 aliphatic heterocycles. The van der Waals surface area contributed by atoms with Crippen molar-refractivity contribution >= 4 is 29.1 Å². The Hall–Kier alpha value is -2.53. The Kier molecular flexibility index (Phi) is 7.80. The zero-order chi connectivity index (χ0) is 26.0. The molecule has 0 N–H and O–H groups in total. The molecule has 0 aliphatic carbocycles. The summed E-state index contributed by atoms with van der Waals surface area (Å²) < 4.78 is 0. The number of rotatable bonds is 5. The highest BCUT2D eigenvalue weighted by Crippen LogP contribution is 2.36. The minimum atomic E-state index is -0.491. The first-order chi connectivity index (χ1) is 17.8. The van der Waals surface area contributed by atoms with Gasteiger partial charge in [0.25, 0.3) is 5.91 Å². The molecule has 0 bridgehead atoms. The number of piperidine rings is 2. The largest absolute Gasteiger partial charge is 0.371 e. The second-order valence-electron chi connectivity index (χ2n) is 11.6. The Morgan fingerprint density at radius 1 is 0.784 bits per heavy atom. The molecule has 5 nitrogen and oxygen atoms in total. The lowest BCUT2D eigenvalue weighted by Gasteiger charge is -2.42. The van der Waals surface area contributed by atoms with Gasteiger partial charge in [-0.2, -0.15) is 0 Å². The summed E-state index contributed by atoms with van der Waals surface area (Å²) in [6.07, 6.45) is 6.69. The van der Waals surface area contributed by atoms with Crippen LogP contribution >= 0.6 is 11.6 Å². The highest BCUT2D eigenvalue weighted by molar-refractivity contribution is 6.34. The number of hydrogen-bond donors (Lipinski definition) is 0. The van der Waals surface area contributed by atoms with Crippen LogP contribution in [0.1, 0.15) is 68.3 Å². The summed E-state index contributed by atoms with van der Waals surface area (Å²) in [4.78, 5) is 32.5. The zero-order valence-electron chi connectivity index (χ0n) is 22.3. The van der Waals surface area contributed by atoms with Crippen molar-refractivity contribution in [3.05, 3.63) is 64.7 Å². The third-order valence-corrected chi connectivity index (χ3v) is 9.32. The minimum absolute atomic E-state index is 0.0599. The first-order valence-corrected chi connectivity index (χ1v) is 14.4. The smallest absolute Gasteiger partial charge is 0.255 e. The van der Waals surface area contributed by atoms with Gasteiger partial charge in [-0.3, -0.25) is 9.59 Å². The predicted molar refractivity (Wildman–Crippen MR) is 150 cm³/mol. The standard InChI is InChI=1S/C31H40ClN3O2/c1-31(2,25-8-4-3-5-9-25)30(37)35-20-14-24(15-21-35)23-12-18-33(19-13-23)26-10-11-27(28(32)22-26)29(36)34-16-6-7-17-34/h3-5,8-11,22-24H,6-7,12-21H2,1-2H3. The maximum atomic E-state index is 13.4. The summed E-state index contributed by atoms with van der Waals surface area (Å²) in [6.45, 7) is 9.52. The predicted octanol–water partition coefficient (Wildman–Crippen LogP) is 6.01. The molecule has 2 amide bonds. The van der Waals surface area contributed by atoms with E-state index in [0.29, 0.717) is 22.4 Å². The summed E-state index contributed by atoms with van der Waals surface area (Å²) in [7, 11) is 0. The van der Waals surface area contributed by atoms with Crippen LogP contribution < -0.4 is 4.90 Å². The van der Waals surface area contributed by atoms with Crippen LogP contribution in [0.3, 0.4) is 0 Å². The SMILES string of the molecule is CC(C)(C(=O)N1CCC(C2CCN(c3ccc(C(=O)N4CCCC4)c(Cl)c3)CC2)CC1)c1ccccc1. The van der Waals surface area contributed by atoms with Crippen molar-refractivity contribution in [2.24, 2.45) is 11.8 Å². The van der Waals surface area contributed by atoms with E-state index in [0.717, 1.165) is 76.2 Å². The van der Waals surface area contributed by atoms with E-state index in [1.807, 2.05) is 49.1 Å². The van der Waals surface area contributed by atoms with Crippen LogP contribution in [0.2, 0.25) is 5.02 Å². The first-order valence-electron chi connectivity index (χ1n) is 14.0. The summed E-state index contributed by atoms with van der Waals surface area (Å²) in [5.74, 6) is 1.71. The molecule has 5 rings (SSSR count). The number of carbonyl (C=O) groups excluding carboxylic acids is 2. The number of amides is 2. The quantitative estimate of drug-likeness (QED) is 0.484. The van der Waals surface area contributed by atoms with E-state index >= 15 is 0 Å². The van der Waals surface area contributed by atoms with E-state index in [1.54, 1.807) is 0 Å². The molecule has 0 radical (unpaired) electrons. The van der Waals surface area contributed by atoms with Gasteiger partial charge in [0.2, 0.25) is 5.91 Å². The highest BCUT2D eigenvalue weighted by Gasteiger charge is 2.37. The Balaban J connectivity index is 1.12. The van der Waals surface area contributed by atoms with E-state index in [-0.39, 0.29) is 11.8 Å². The minimum Gasteiger partial charge on any atom is -0.371 e. The molecule has 0 spiro atoms. The number of carbonyl (C=O) groups is 2. The maximum Gasteiger partial charge on any atom is 0.255 e. The Morgan fingerprint density at radius 3 is 1.97 bits per heavy atom. The van der Waals surface area contributed by atoms with Gasteiger partial charge < -0.3 is 14.7 Å². The van der Waals surface area contributed by atoms with Gasteiger partial charge in [-0.05, 0) is 88.0 Å². The number of anilines is 1. The van der Waals surface area contributed by atoms with Crippen LogP contribution in [-0.2, 0) is 10.2 Å².